The Labute approximate surface area is 154 Å². The molecule has 1 saturated carbocycles. The van der Waals surface area contributed by atoms with Gasteiger partial charge >= 0.3 is 0 Å². The molecular weight excluding hydrogens is 335 g/mol. The van der Waals surface area contributed by atoms with Crippen molar-refractivity contribution in [3.05, 3.63) is 29.6 Å². The minimum Gasteiger partial charge on any atom is -0.494 e. The maximum absolute atomic E-state index is 13.8. The second-order valence-corrected chi connectivity index (χ2v) is 7.82. The Bertz CT molecular complexity index is 664. The number of rotatable bonds is 5. The Morgan fingerprint density at radius 1 is 1.31 bits per heavy atom. The molecule has 1 aromatic rings. The first-order valence-electron chi connectivity index (χ1n) is 9.56. The van der Waals surface area contributed by atoms with E-state index < -0.39 is 5.82 Å². The zero-order chi connectivity index (χ0) is 18.1. The fourth-order valence-electron chi connectivity index (χ4n) is 4.10. The molecule has 0 unspecified atom stereocenters. The van der Waals surface area contributed by atoms with Crippen LogP contribution >= 0.6 is 0 Å². The number of hydrogen-bond donors (Lipinski definition) is 0. The summed E-state index contributed by atoms with van der Waals surface area (Å²) in [5.74, 6) is 1.07. The molecule has 0 N–H and O–H groups in total. The number of likely N-dealkylation sites (tertiary alicyclic amines) is 1. The van der Waals surface area contributed by atoms with E-state index in [1.54, 1.807) is 12.1 Å². The average Bonchev–Trinajstić information content (AvgIpc) is 3.38. The number of carbonyl (C=O) groups excluding carboxylic acids is 1. The van der Waals surface area contributed by atoms with Crippen LogP contribution in [0.4, 0.5) is 4.39 Å². The predicted molar refractivity (Wildman–Crippen MR) is 95.6 cm³/mol. The molecule has 0 aromatic heterocycles. The van der Waals surface area contributed by atoms with Gasteiger partial charge in [0.1, 0.15) is 0 Å². The van der Waals surface area contributed by atoms with E-state index in [2.05, 4.69) is 4.90 Å². The van der Waals surface area contributed by atoms with Gasteiger partial charge in [0, 0.05) is 38.6 Å². The lowest BCUT2D eigenvalue weighted by molar-refractivity contribution is -0.130. The van der Waals surface area contributed by atoms with Crippen LogP contribution in [0.2, 0.25) is 0 Å². The summed E-state index contributed by atoms with van der Waals surface area (Å²) in [6.45, 7) is 5.33. The zero-order valence-electron chi connectivity index (χ0n) is 15.3. The number of ether oxygens (including phenoxy) is 2. The smallest absolute Gasteiger partial charge is 0.227 e. The van der Waals surface area contributed by atoms with Gasteiger partial charge in [-0.05, 0) is 36.5 Å². The summed E-state index contributed by atoms with van der Waals surface area (Å²) >= 11 is 0. The maximum Gasteiger partial charge on any atom is 0.227 e. The minimum absolute atomic E-state index is 0.0417. The normalized spacial score (nSPS) is 26.5. The molecule has 0 bridgehead atoms. The van der Waals surface area contributed by atoms with Crippen molar-refractivity contribution in [2.75, 3.05) is 46.4 Å². The van der Waals surface area contributed by atoms with Crippen LogP contribution in [0.5, 0.6) is 5.75 Å². The molecule has 0 radical (unpaired) electrons. The number of nitrogens with zero attached hydrogens (tertiary/aromatic N) is 2. The van der Waals surface area contributed by atoms with Gasteiger partial charge in [0.25, 0.3) is 0 Å². The molecule has 0 spiro atoms. The second-order valence-electron chi connectivity index (χ2n) is 7.82. The fraction of sp³-hybridized carbons (Fsp3) is 0.650. The standard InChI is InChI=1S/C20H27FN2O3/c1-25-18-5-4-15(8-17(18)21)9-20(24)23-12-16-11-22(10-14-2-3-14)6-7-26-19(16)13-23/h4-5,8,14,16,19H,2-3,6-7,9-13H2,1H3/t16-,19+/m0/s1. The fourth-order valence-corrected chi connectivity index (χ4v) is 4.10. The van der Waals surface area contributed by atoms with Crippen LogP contribution in [0.15, 0.2) is 18.2 Å². The number of benzene rings is 1. The van der Waals surface area contributed by atoms with Crippen molar-refractivity contribution in [3.8, 4) is 5.75 Å². The number of hydrogen-bond acceptors (Lipinski definition) is 4. The molecule has 3 aliphatic rings. The van der Waals surface area contributed by atoms with Gasteiger partial charge in [0.15, 0.2) is 11.6 Å². The summed E-state index contributed by atoms with van der Waals surface area (Å²) in [4.78, 5) is 17.1. The summed E-state index contributed by atoms with van der Waals surface area (Å²) in [5.41, 5.74) is 0.677. The van der Waals surface area contributed by atoms with E-state index in [1.807, 2.05) is 4.90 Å². The van der Waals surface area contributed by atoms with Crippen LogP contribution in [0.1, 0.15) is 18.4 Å². The first-order chi connectivity index (χ1) is 12.6. The average molecular weight is 362 g/mol. The number of fused-ring (bicyclic) bond motifs is 1. The summed E-state index contributed by atoms with van der Waals surface area (Å²) in [6.07, 6.45) is 3.06. The highest BCUT2D eigenvalue weighted by atomic mass is 19.1. The molecular formula is C20H27FN2O3. The molecule has 1 aliphatic carbocycles. The number of carbonyl (C=O) groups is 1. The van der Waals surface area contributed by atoms with Gasteiger partial charge in [-0.25, -0.2) is 4.39 Å². The molecule has 3 fully saturated rings. The van der Waals surface area contributed by atoms with E-state index >= 15 is 0 Å². The topological polar surface area (TPSA) is 42.0 Å². The Morgan fingerprint density at radius 3 is 2.88 bits per heavy atom. The van der Waals surface area contributed by atoms with Crippen molar-refractivity contribution in [2.24, 2.45) is 11.8 Å². The third-order valence-electron chi connectivity index (χ3n) is 5.75. The van der Waals surface area contributed by atoms with Crippen LogP contribution in [0.3, 0.4) is 0 Å². The Hall–Kier alpha value is -1.66. The van der Waals surface area contributed by atoms with Crippen LogP contribution < -0.4 is 4.74 Å². The van der Waals surface area contributed by atoms with Crippen molar-refractivity contribution in [3.63, 3.8) is 0 Å². The first-order valence-corrected chi connectivity index (χ1v) is 9.56. The molecule has 26 heavy (non-hydrogen) atoms. The predicted octanol–water partition coefficient (Wildman–Crippen LogP) is 1.95. The molecule has 2 saturated heterocycles. The largest absolute Gasteiger partial charge is 0.494 e. The van der Waals surface area contributed by atoms with Crippen molar-refractivity contribution in [2.45, 2.75) is 25.4 Å². The quantitative estimate of drug-likeness (QED) is 0.803. The third kappa shape index (κ3) is 4.01. The number of methoxy groups -OCH3 is 1. The first kappa shape index (κ1) is 17.7. The van der Waals surface area contributed by atoms with E-state index in [0.29, 0.717) is 18.0 Å². The van der Waals surface area contributed by atoms with Crippen LogP contribution in [-0.2, 0) is 16.0 Å². The molecule has 1 amide bonds. The second kappa shape index (κ2) is 7.53. The zero-order valence-corrected chi connectivity index (χ0v) is 15.3. The van der Waals surface area contributed by atoms with E-state index in [0.717, 1.165) is 32.2 Å². The molecule has 6 heteroatoms. The van der Waals surface area contributed by atoms with Gasteiger partial charge in [0.05, 0.1) is 26.2 Å². The van der Waals surface area contributed by atoms with Gasteiger partial charge < -0.3 is 19.3 Å². The number of amides is 1. The molecule has 2 heterocycles. The van der Waals surface area contributed by atoms with Gasteiger partial charge in [-0.3, -0.25) is 4.79 Å². The van der Waals surface area contributed by atoms with E-state index in [1.165, 1.54) is 32.6 Å². The van der Waals surface area contributed by atoms with E-state index in [-0.39, 0.29) is 24.2 Å². The highest BCUT2D eigenvalue weighted by molar-refractivity contribution is 5.79. The molecule has 4 rings (SSSR count). The Morgan fingerprint density at radius 2 is 2.15 bits per heavy atom. The SMILES string of the molecule is COc1ccc(CC(=O)N2C[C@@H]3CN(CC4CC4)CCO[C@@H]3C2)cc1F. The Balaban J connectivity index is 1.35. The highest BCUT2D eigenvalue weighted by Gasteiger charge is 2.39. The van der Waals surface area contributed by atoms with Crippen LogP contribution in [0.25, 0.3) is 0 Å². The number of halogens is 1. The highest BCUT2D eigenvalue weighted by Crippen LogP contribution is 2.31. The van der Waals surface area contributed by atoms with Crippen molar-refractivity contribution in [1.29, 1.82) is 0 Å². The maximum atomic E-state index is 13.8. The summed E-state index contributed by atoms with van der Waals surface area (Å²) in [6, 6.07) is 4.71. The van der Waals surface area contributed by atoms with Crippen molar-refractivity contribution < 1.29 is 18.7 Å². The van der Waals surface area contributed by atoms with Crippen molar-refractivity contribution in [1.82, 2.24) is 9.80 Å². The molecule has 5 nitrogen and oxygen atoms in total. The lowest BCUT2D eigenvalue weighted by Gasteiger charge is -2.23. The lowest BCUT2D eigenvalue weighted by atomic mass is 10.1. The summed E-state index contributed by atoms with van der Waals surface area (Å²) in [5, 5.41) is 0. The molecule has 2 aliphatic heterocycles. The van der Waals surface area contributed by atoms with Crippen LogP contribution in [0, 0.1) is 17.7 Å². The van der Waals surface area contributed by atoms with Gasteiger partial charge in [0.2, 0.25) is 5.91 Å². The molecule has 1 aromatic carbocycles. The van der Waals surface area contributed by atoms with E-state index in [4.69, 9.17) is 9.47 Å². The third-order valence-corrected chi connectivity index (χ3v) is 5.75. The van der Waals surface area contributed by atoms with Crippen molar-refractivity contribution >= 4 is 5.91 Å². The van der Waals surface area contributed by atoms with Gasteiger partial charge in [-0.15, -0.1) is 0 Å². The summed E-state index contributed by atoms with van der Waals surface area (Å²) in [7, 11) is 1.43. The minimum atomic E-state index is -0.427. The molecule has 2 atom stereocenters. The van der Waals surface area contributed by atoms with Gasteiger partial charge in [-0.1, -0.05) is 6.07 Å². The monoisotopic (exact) mass is 362 g/mol. The van der Waals surface area contributed by atoms with Gasteiger partial charge in [-0.2, -0.15) is 0 Å². The summed E-state index contributed by atoms with van der Waals surface area (Å²) < 4.78 is 24.8. The van der Waals surface area contributed by atoms with E-state index in [9.17, 15) is 9.18 Å². The van der Waals surface area contributed by atoms with Crippen LogP contribution in [-0.4, -0.2) is 68.3 Å². The lowest BCUT2D eigenvalue weighted by Crippen LogP contribution is -2.35. The Kier molecular flexibility index (Phi) is 5.14. The molecule has 142 valence electrons.